The fourth-order valence-corrected chi connectivity index (χ4v) is 2.19. The summed E-state index contributed by atoms with van der Waals surface area (Å²) in [5, 5.41) is 3.36. The first-order valence-corrected chi connectivity index (χ1v) is 7.48. The molecule has 0 aliphatic carbocycles. The van der Waals surface area contributed by atoms with Crippen LogP contribution in [0.5, 0.6) is 0 Å². The molecular weight excluding hydrogens is 292 g/mol. The first-order valence-electron chi connectivity index (χ1n) is 6.69. The predicted octanol–water partition coefficient (Wildman–Crippen LogP) is 2.95. The maximum absolute atomic E-state index is 4.44. The van der Waals surface area contributed by atoms with Crippen molar-refractivity contribution in [3.8, 4) is 0 Å². The van der Waals surface area contributed by atoms with Gasteiger partial charge in [0.2, 0.25) is 0 Å². The van der Waals surface area contributed by atoms with Gasteiger partial charge in [-0.25, -0.2) is 9.97 Å². The second-order valence-electron chi connectivity index (χ2n) is 4.15. The van der Waals surface area contributed by atoms with Gasteiger partial charge in [-0.05, 0) is 42.0 Å². The molecule has 5 heteroatoms. The van der Waals surface area contributed by atoms with E-state index in [2.05, 4.69) is 56.9 Å². The molecule has 0 unspecified atom stereocenters. The van der Waals surface area contributed by atoms with Gasteiger partial charge in [-0.1, -0.05) is 20.8 Å². The lowest BCUT2D eigenvalue weighted by Crippen LogP contribution is -2.25. The second kappa shape index (κ2) is 8.43. The first kappa shape index (κ1) is 15.4. The topological polar surface area (TPSA) is 41.1 Å². The third kappa shape index (κ3) is 5.31. The lowest BCUT2D eigenvalue weighted by molar-refractivity contribution is 0.303. The number of aryl methyl sites for hydroxylation is 1. The third-order valence-electron chi connectivity index (χ3n) is 2.91. The predicted molar refractivity (Wildman–Crippen MR) is 80.0 cm³/mol. The Kier molecular flexibility index (Phi) is 7.20. The molecule has 0 aliphatic heterocycles. The average molecular weight is 315 g/mol. The fourth-order valence-electron chi connectivity index (χ4n) is 1.77. The van der Waals surface area contributed by atoms with Gasteiger partial charge < -0.3 is 10.2 Å². The third-order valence-corrected chi connectivity index (χ3v) is 3.32. The monoisotopic (exact) mass is 314 g/mol. The Balaban J connectivity index is 2.37. The molecule has 4 nitrogen and oxygen atoms in total. The van der Waals surface area contributed by atoms with Gasteiger partial charge in [0.05, 0.1) is 0 Å². The number of aromatic nitrogens is 2. The van der Waals surface area contributed by atoms with E-state index in [1.165, 1.54) is 0 Å². The molecule has 0 atom stereocenters. The molecule has 102 valence electrons. The molecule has 0 aromatic carbocycles. The van der Waals surface area contributed by atoms with Gasteiger partial charge in [-0.3, -0.25) is 0 Å². The summed E-state index contributed by atoms with van der Waals surface area (Å²) in [5.41, 5.74) is 0. The number of nitrogens with one attached hydrogen (secondary N) is 1. The van der Waals surface area contributed by atoms with E-state index in [0.717, 1.165) is 55.3 Å². The van der Waals surface area contributed by atoms with Crippen molar-refractivity contribution in [2.24, 2.45) is 0 Å². The Morgan fingerprint density at radius 2 is 1.94 bits per heavy atom. The number of hydrogen-bond donors (Lipinski definition) is 1. The van der Waals surface area contributed by atoms with Crippen molar-refractivity contribution in [3.63, 3.8) is 0 Å². The molecule has 1 N–H and O–H groups in total. The summed E-state index contributed by atoms with van der Waals surface area (Å²) in [6, 6.07) is 1.93. The molecule has 18 heavy (non-hydrogen) atoms. The summed E-state index contributed by atoms with van der Waals surface area (Å²) < 4.78 is 0.848. The number of hydrogen-bond acceptors (Lipinski definition) is 4. The van der Waals surface area contributed by atoms with Crippen LogP contribution in [0.15, 0.2) is 10.7 Å². The van der Waals surface area contributed by atoms with Crippen LogP contribution in [0.4, 0.5) is 5.82 Å². The molecule has 1 aromatic rings. The van der Waals surface area contributed by atoms with Crippen LogP contribution >= 0.6 is 15.9 Å². The SMILES string of the molecule is CCc1nc(Br)cc(NCCCN(CC)CC)n1. The van der Waals surface area contributed by atoms with Crippen molar-refractivity contribution in [3.05, 3.63) is 16.5 Å². The first-order chi connectivity index (χ1) is 8.69. The van der Waals surface area contributed by atoms with Gasteiger partial charge in [0.1, 0.15) is 16.2 Å². The van der Waals surface area contributed by atoms with Crippen LogP contribution in [-0.4, -0.2) is 41.0 Å². The molecule has 0 spiro atoms. The zero-order chi connectivity index (χ0) is 13.4. The summed E-state index contributed by atoms with van der Waals surface area (Å²) in [4.78, 5) is 11.2. The Morgan fingerprint density at radius 1 is 1.22 bits per heavy atom. The van der Waals surface area contributed by atoms with E-state index in [-0.39, 0.29) is 0 Å². The van der Waals surface area contributed by atoms with Crippen molar-refractivity contribution >= 4 is 21.7 Å². The fraction of sp³-hybridized carbons (Fsp3) is 0.692. The van der Waals surface area contributed by atoms with Crippen LogP contribution in [-0.2, 0) is 6.42 Å². The minimum atomic E-state index is 0.848. The molecular formula is C13H23BrN4. The van der Waals surface area contributed by atoms with Gasteiger partial charge in [0.25, 0.3) is 0 Å². The van der Waals surface area contributed by atoms with E-state index < -0.39 is 0 Å². The summed E-state index contributed by atoms with van der Waals surface area (Å²) in [6.45, 7) is 10.8. The van der Waals surface area contributed by atoms with E-state index in [1.54, 1.807) is 0 Å². The lowest BCUT2D eigenvalue weighted by Gasteiger charge is -2.17. The molecule has 0 fully saturated rings. The number of anilines is 1. The van der Waals surface area contributed by atoms with E-state index >= 15 is 0 Å². The van der Waals surface area contributed by atoms with Gasteiger partial charge in [-0.15, -0.1) is 0 Å². The van der Waals surface area contributed by atoms with Crippen LogP contribution in [0.1, 0.15) is 33.0 Å². The highest BCUT2D eigenvalue weighted by atomic mass is 79.9. The molecule has 1 rings (SSSR count). The van der Waals surface area contributed by atoms with Gasteiger partial charge in [-0.2, -0.15) is 0 Å². The van der Waals surface area contributed by atoms with Gasteiger partial charge in [0.15, 0.2) is 0 Å². The Hall–Kier alpha value is -0.680. The zero-order valence-corrected chi connectivity index (χ0v) is 13.1. The summed E-state index contributed by atoms with van der Waals surface area (Å²) in [7, 11) is 0. The smallest absolute Gasteiger partial charge is 0.131 e. The van der Waals surface area contributed by atoms with E-state index in [9.17, 15) is 0 Å². The molecule has 1 heterocycles. The van der Waals surface area contributed by atoms with Crippen molar-refractivity contribution in [2.45, 2.75) is 33.6 Å². The zero-order valence-electron chi connectivity index (χ0n) is 11.5. The molecule has 0 saturated heterocycles. The number of halogens is 1. The highest BCUT2D eigenvalue weighted by Crippen LogP contribution is 2.12. The molecule has 0 saturated carbocycles. The second-order valence-corrected chi connectivity index (χ2v) is 4.97. The summed E-state index contributed by atoms with van der Waals surface area (Å²) >= 11 is 3.41. The largest absolute Gasteiger partial charge is 0.370 e. The maximum atomic E-state index is 4.44. The van der Waals surface area contributed by atoms with Crippen LogP contribution in [0, 0.1) is 0 Å². The van der Waals surface area contributed by atoms with E-state index in [1.807, 2.05) is 6.07 Å². The molecule has 0 amide bonds. The van der Waals surface area contributed by atoms with Gasteiger partial charge >= 0.3 is 0 Å². The van der Waals surface area contributed by atoms with Crippen molar-refractivity contribution in [1.29, 1.82) is 0 Å². The molecule has 0 radical (unpaired) electrons. The average Bonchev–Trinajstić information content (AvgIpc) is 2.38. The minimum absolute atomic E-state index is 0.848. The van der Waals surface area contributed by atoms with Gasteiger partial charge in [0, 0.05) is 19.0 Å². The Bertz CT molecular complexity index is 353. The van der Waals surface area contributed by atoms with Crippen molar-refractivity contribution in [1.82, 2.24) is 14.9 Å². The molecule has 0 bridgehead atoms. The van der Waals surface area contributed by atoms with Crippen LogP contribution in [0.2, 0.25) is 0 Å². The van der Waals surface area contributed by atoms with E-state index in [4.69, 9.17) is 0 Å². The summed E-state index contributed by atoms with van der Waals surface area (Å²) in [6.07, 6.45) is 1.98. The summed E-state index contributed by atoms with van der Waals surface area (Å²) in [5.74, 6) is 1.78. The van der Waals surface area contributed by atoms with E-state index in [0.29, 0.717) is 0 Å². The molecule has 0 aliphatic rings. The van der Waals surface area contributed by atoms with Crippen LogP contribution in [0.3, 0.4) is 0 Å². The van der Waals surface area contributed by atoms with Crippen molar-refractivity contribution in [2.75, 3.05) is 31.5 Å². The lowest BCUT2D eigenvalue weighted by atomic mass is 10.3. The van der Waals surface area contributed by atoms with Crippen molar-refractivity contribution < 1.29 is 0 Å². The number of nitrogens with zero attached hydrogens (tertiary/aromatic N) is 3. The minimum Gasteiger partial charge on any atom is -0.370 e. The standard InChI is InChI=1S/C13H23BrN4/c1-4-12-16-11(14)10-13(17-12)15-8-7-9-18(5-2)6-3/h10H,4-9H2,1-3H3,(H,15,16,17). The molecule has 1 aromatic heterocycles. The van der Waals surface area contributed by atoms with Crippen LogP contribution in [0.25, 0.3) is 0 Å². The van der Waals surface area contributed by atoms with Crippen LogP contribution < -0.4 is 5.32 Å². The highest BCUT2D eigenvalue weighted by Gasteiger charge is 2.02. The quantitative estimate of drug-likeness (QED) is 0.591. The Labute approximate surface area is 118 Å². The Morgan fingerprint density at radius 3 is 2.56 bits per heavy atom. The number of rotatable bonds is 8. The maximum Gasteiger partial charge on any atom is 0.131 e. The highest BCUT2D eigenvalue weighted by molar-refractivity contribution is 9.10. The normalized spacial score (nSPS) is 10.9.